The van der Waals surface area contributed by atoms with Gasteiger partial charge in [0.15, 0.2) is 0 Å². The normalized spacial score (nSPS) is 13.9. The van der Waals surface area contributed by atoms with Crippen molar-refractivity contribution in [2.75, 3.05) is 0 Å². The molecule has 1 amide bonds. The van der Waals surface area contributed by atoms with E-state index in [1.165, 1.54) is 11.3 Å². The molecule has 2 heterocycles. The van der Waals surface area contributed by atoms with Crippen molar-refractivity contribution in [3.05, 3.63) is 52.5 Å². The van der Waals surface area contributed by atoms with Gasteiger partial charge < -0.3 is 11.1 Å². The van der Waals surface area contributed by atoms with Crippen LogP contribution in [0.2, 0.25) is 0 Å². The van der Waals surface area contributed by atoms with E-state index in [0.717, 1.165) is 10.4 Å². The summed E-state index contributed by atoms with van der Waals surface area (Å²) in [5, 5.41) is 4.81. The van der Waals surface area contributed by atoms with Gasteiger partial charge in [0.25, 0.3) is 0 Å². The molecule has 0 bridgehead atoms. The van der Waals surface area contributed by atoms with Crippen LogP contribution in [-0.4, -0.2) is 10.9 Å². The Morgan fingerprint density at radius 1 is 1.39 bits per heavy atom. The summed E-state index contributed by atoms with van der Waals surface area (Å²) in [4.78, 5) is 16.8. The molecule has 2 aromatic rings. The molecule has 2 atom stereocenters. The van der Waals surface area contributed by atoms with Gasteiger partial charge in [-0.1, -0.05) is 6.07 Å². The molecular weight excluding hydrogens is 246 g/mol. The highest BCUT2D eigenvalue weighted by Gasteiger charge is 2.18. The minimum Gasteiger partial charge on any atom is -0.348 e. The topological polar surface area (TPSA) is 68.0 Å². The molecule has 0 aliphatic carbocycles. The molecule has 0 saturated carbocycles. The second-order valence-electron chi connectivity index (χ2n) is 4.00. The maximum atomic E-state index is 12.0. The van der Waals surface area contributed by atoms with Gasteiger partial charge >= 0.3 is 0 Å². The molecule has 3 N–H and O–H groups in total. The first-order valence-electron chi connectivity index (χ1n) is 5.68. The number of nitrogens with two attached hydrogens (primary N) is 1. The number of carbonyl (C=O) groups is 1. The van der Waals surface area contributed by atoms with Crippen molar-refractivity contribution < 1.29 is 4.79 Å². The Morgan fingerprint density at radius 3 is 2.72 bits per heavy atom. The molecule has 0 fully saturated rings. The third-order valence-electron chi connectivity index (χ3n) is 2.70. The van der Waals surface area contributed by atoms with Gasteiger partial charge in [0, 0.05) is 17.3 Å². The highest BCUT2D eigenvalue weighted by Crippen LogP contribution is 2.18. The second kappa shape index (κ2) is 5.75. The van der Waals surface area contributed by atoms with Gasteiger partial charge in [-0.2, -0.15) is 0 Å². The van der Waals surface area contributed by atoms with Crippen LogP contribution in [0.3, 0.4) is 0 Å². The van der Waals surface area contributed by atoms with Crippen LogP contribution in [0.5, 0.6) is 0 Å². The molecule has 2 aromatic heterocycles. The first-order valence-corrected chi connectivity index (χ1v) is 6.55. The first kappa shape index (κ1) is 12.7. The van der Waals surface area contributed by atoms with Gasteiger partial charge in [-0.15, -0.1) is 11.3 Å². The van der Waals surface area contributed by atoms with E-state index in [1.807, 2.05) is 36.6 Å². The van der Waals surface area contributed by atoms with Crippen molar-refractivity contribution in [1.29, 1.82) is 0 Å². The minimum absolute atomic E-state index is 0.0773. The van der Waals surface area contributed by atoms with Crippen LogP contribution in [0.4, 0.5) is 0 Å². The monoisotopic (exact) mass is 261 g/mol. The van der Waals surface area contributed by atoms with E-state index in [9.17, 15) is 4.79 Å². The summed E-state index contributed by atoms with van der Waals surface area (Å²) in [6, 6.07) is 6.83. The second-order valence-corrected chi connectivity index (χ2v) is 4.98. The van der Waals surface area contributed by atoms with Crippen LogP contribution >= 0.6 is 11.3 Å². The number of pyridine rings is 1. The predicted octanol–water partition coefficient (Wildman–Crippen LogP) is 2.02. The summed E-state index contributed by atoms with van der Waals surface area (Å²) in [6.45, 7) is 1.92. The van der Waals surface area contributed by atoms with Crippen molar-refractivity contribution in [3.63, 3.8) is 0 Å². The number of thiophene rings is 1. The molecule has 18 heavy (non-hydrogen) atoms. The maximum Gasteiger partial charge on any atom is 0.242 e. The molecule has 1 unspecified atom stereocenters. The lowest BCUT2D eigenvalue weighted by molar-refractivity contribution is -0.123. The molecule has 0 saturated heterocycles. The predicted molar refractivity (Wildman–Crippen MR) is 72.0 cm³/mol. The Labute approximate surface area is 110 Å². The van der Waals surface area contributed by atoms with Gasteiger partial charge in [0.05, 0.1) is 6.04 Å². The van der Waals surface area contributed by atoms with E-state index in [2.05, 4.69) is 10.3 Å². The van der Waals surface area contributed by atoms with E-state index in [0.29, 0.717) is 0 Å². The Morgan fingerprint density at radius 2 is 2.11 bits per heavy atom. The molecule has 0 spiro atoms. The van der Waals surface area contributed by atoms with E-state index < -0.39 is 6.04 Å². The Kier molecular flexibility index (Phi) is 4.07. The standard InChI is InChI=1S/C13H15N3OS/c1-9(10-4-6-15-7-5-10)16-13(17)12(14)11-3-2-8-18-11/h2-9,12H,14H2,1H3,(H,16,17)/t9-,12?/m1/s1. The fourth-order valence-electron chi connectivity index (χ4n) is 1.64. The zero-order valence-electron chi connectivity index (χ0n) is 10.0. The van der Waals surface area contributed by atoms with Crippen LogP contribution in [0.1, 0.15) is 29.4 Å². The number of hydrogen-bond acceptors (Lipinski definition) is 4. The van der Waals surface area contributed by atoms with E-state index in [4.69, 9.17) is 5.73 Å². The van der Waals surface area contributed by atoms with Crippen LogP contribution < -0.4 is 11.1 Å². The average molecular weight is 261 g/mol. The van der Waals surface area contributed by atoms with Crippen molar-refractivity contribution in [1.82, 2.24) is 10.3 Å². The number of hydrogen-bond donors (Lipinski definition) is 2. The number of carbonyl (C=O) groups excluding carboxylic acids is 1. The number of aromatic nitrogens is 1. The van der Waals surface area contributed by atoms with Crippen molar-refractivity contribution >= 4 is 17.2 Å². The van der Waals surface area contributed by atoms with Crippen LogP contribution in [-0.2, 0) is 4.79 Å². The van der Waals surface area contributed by atoms with Crippen molar-refractivity contribution in [2.24, 2.45) is 5.73 Å². The number of nitrogens with one attached hydrogen (secondary N) is 1. The van der Waals surface area contributed by atoms with Gasteiger partial charge in [-0.3, -0.25) is 9.78 Å². The van der Waals surface area contributed by atoms with Gasteiger partial charge in [-0.05, 0) is 36.1 Å². The molecule has 0 aliphatic rings. The van der Waals surface area contributed by atoms with Crippen LogP contribution in [0.15, 0.2) is 42.0 Å². The molecule has 0 radical (unpaired) electrons. The van der Waals surface area contributed by atoms with E-state index >= 15 is 0 Å². The fourth-order valence-corrected chi connectivity index (χ4v) is 2.36. The minimum atomic E-state index is -0.603. The number of amides is 1. The zero-order valence-corrected chi connectivity index (χ0v) is 10.9. The quantitative estimate of drug-likeness (QED) is 0.884. The summed E-state index contributed by atoms with van der Waals surface area (Å²) < 4.78 is 0. The smallest absolute Gasteiger partial charge is 0.242 e. The fraction of sp³-hybridized carbons (Fsp3) is 0.231. The van der Waals surface area contributed by atoms with E-state index in [1.54, 1.807) is 12.4 Å². The average Bonchev–Trinajstić information content (AvgIpc) is 2.92. The summed E-state index contributed by atoms with van der Waals surface area (Å²) >= 11 is 1.49. The lowest BCUT2D eigenvalue weighted by Crippen LogP contribution is -2.35. The Bertz CT molecular complexity index is 498. The molecular formula is C13H15N3OS. The van der Waals surface area contributed by atoms with Crippen LogP contribution in [0.25, 0.3) is 0 Å². The van der Waals surface area contributed by atoms with E-state index in [-0.39, 0.29) is 11.9 Å². The summed E-state index contributed by atoms with van der Waals surface area (Å²) in [7, 11) is 0. The third-order valence-corrected chi connectivity index (χ3v) is 3.65. The Balaban J connectivity index is 1.99. The lowest BCUT2D eigenvalue weighted by atomic mass is 10.1. The largest absolute Gasteiger partial charge is 0.348 e. The zero-order chi connectivity index (χ0) is 13.0. The maximum absolute atomic E-state index is 12.0. The number of rotatable bonds is 4. The molecule has 5 heteroatoms. The van der Waals surface area contributed by atoms with Gasteiger partial charge in [-0.25, -0.2) is 0 Å². The molecule has 94 valence electrons. The molecule has 4 nitrogen and oxygen atoms in total. The van der Waals surface area contributed by atoms with Crippen LogP contribution in [0, 0.1) is 0 Å². The summed E-state index contributed by atoms with van der Waals surface area (Å²) in [5.74, 6) is -0.165. The molecule has 2 rings (SSSR count). The highest BCUT2D eigenvalue weighted by molar-refractivity contribution is 7.10. The molecule has 0 aromatic carbocycles. The number of nitrogens with zero attached hydrogens (tertiary/aromatic N) is 1. The SMILES string of the molecule is C[C@@H](NC(=O)C(N)c1cccs1)c1ccncc1. The molecule has 0 aliphatic heterocycles. The first-order chi connectivity index (χ1) is 8.68. The summed E-state index contributed by atoms with van der Waals surface area (Å²) in [5.41, 5.74) is 6.91. The van der Waals surface area contributed by atoms with Gasteiger partial charge in [0.2, 0.25) is 5.91 Å². The van der Waals surface area contributed by atoms with Crippen molar-refractivity contribution in [3.8, 4) is 0 Å². The highest BCUT2D eigenvalue weighted by atomic mass is 32.1. The lowest BCUT2D eigenvalue weighted by Gasteiger charge is -2.17. The Hall–Kier alpha value is -1.72. The summed E-state index contributed by atoms with van der Waals surface area (Å²) in [6.07, 6.45) is 3.41. The van der Waals surface area contributed by atoms with Crippen molar-refractivity contribution in [2.45, 2.75) is 19.0 Å². The van der Waals surface area contributed by atoms with Gasteiger partial charge in [0.1, 0.15) is 6.04 Å². The third kappa shape index (κ3) is 2.94.